The summed E-state index contributed by atoms with van der Waals surface area (Å²) in [5.74, 6) is 0.638. The van der Waals surface area contributed by atoms with Crippen LogP contribution in [0, 0.1) is 6.92 Å². The lowest BCUT2D eigenvalue weighted by Gasteiger charge is -2.41. The van der Waals surface area contributed by atoms with Crippen LogP contribution < -0.4 is 0 Å². The lowest BCUT2D eigenvalue weighted by atomic mass is 9.86. The first-order chi connectivity index (χ1) is 11.3. The van der Waals surface area contributed by atoms with Crippen molar-refractivity contribution in [2.75, 3.05) is 13.1 Å². The van der Waals surface area contributed by atoms with Gasteiger partial charge in [-0.1, -0.05) is 12.5 Å². The van der Waals surface area contributed by atoms with Crippen molar-refractivity contribution in [3.63, 3.8) is 0 Å². The zero-order valence-corrected chi connectivity index (χ0v) is 13.9. The van der Waals surface area contributed by atoms with Crippen LogP contribution in [0.3, 0.4) is 0 Å². The number of hydrogen-bond acceptors (Lipinski definition) is 3. The average Bonchev–Trinajstić information content (AvgIpc) is 2.54. The fraction of sp³-hybridized carbons (Fsp3) is 0.500. The number of piperidine rings is 1. The van der Waals surface area contributed by atoms with Crippen LogP contribution in [-0.2, 0) is 0 Å². The standard InChI is InChI=1S/C20H25N3/c1-15-13-17(7-10-21-15)18-5-6-20(22-14-18)16-8-11-23(12-9-16)19-3-2-4-19/h5-7,10,13-14,16,19H,2-4,8-9,11-12H2,1H3. The van der Waals surface area contributed by atoms with Gasteiger partial charge in [0.25, 0.3) is 0 Å². The largest absolute Gasteiger partial charge is 0.300 e. The van der Waals surface area contributed by atoms with Crippen molar-refractivity contribution in [3.8, 4) is 11.1 Å². The van der Waals surface area contributed by atoms with Gasteiger partial charge < -0.3 is 4.90 Å². The minimum Gasteiger partial charge on any atom is -0.300 e. The first-order valence-electron chi connectivity index (χ1n) is 8.92. The monoisotopic (exact) mass is 307 g/mol. The molecule has 2 aromatic rings. The van der Waals surface area contributed by atoms with E-state index in [-0.39, 0.29) is 0 Å². The number of rotatable bonds is 3. The highest BCUT2D eigenvalue weighted by atomic mass is 15.2. The second-order valence-corrected chi connectivity index (χ2v) is 7.05. The minimum absolute atomic E-state index is 0.638. The Kier molecular flexibility index (Phi) is 4.13. The van der Waals surface area contributed by atoms with Gasteiger partial charge in [0, 0.05) is 41.3 Å². The molecule has 0 amide bonds. The minimum atomic E-state index is 0.638. The molecule has 1 saturated heterocycles. The molecule has 0 N–H and O–H groups in total. The summed E-state index contributed by atoms with van der Waals surface area (Å²) in [4.78, 5) is 11.7. The molecule has 120 valence electrons. The fourth-order valence-corrected chi connectivity index (χ4v) is 3.85. The van der Waals surface area contributed by atoms with Crippen molar-refractivity contribution in [2.24, 2.45) is 0 Å². The normalized spacial score (nSPS) is 20.4. The van der Waals surface area contributed by atoms with E-state index in [1.165, 1.54) is 62.0 Å². The number of aromatic nitrogens is 2. The van der Waals surface area contributed by atoms with Crippen LogP contribution in [0.25, 0.3) is 11.1 Å². The van der Waals surface area contributed by atoms with E-state index in [0.29, 0.717) is 5.92 Å². The van der Waals surface area contributed by atoms with Crippen LogP contribution in [0.15, 0.2) is 36.7 Å². The number of aryl methyl sites for hydroxylation is 1. The number of hydrogen-bond donors (Lipinski definition) is 0. The quantitative estimate of drug-likeness (QED) is 0.851. The molecule has 3 heterocycles. The number of pyridine rings is 2. The van der Waals surface area contributed by atoms with E-state index in [1.807, 2.05) is 19.3 Å². The van der Waals surface area contributed by atoms with Crippen molar-refractivity contribution >= 4 is 0 Å². The zero-order valence-electron chi connectivity index (χ0n) is 13.9. The van der Waals surface area contributed by atoms with Gasteiger partial charge in [-0.05, 0) is 69.5 Å². The first-order valence-corrected chi connectivity index (χ1v) is 8.92. The predicted molar refractivity (Wildman–Crippen MR) is 93.4 cm³/mol. The molecule has 0 spiro atoms. The van der Waals surface area contributed by atoms with Crippen LogP contribution >= 0.6 is 0 Å². The molecule has 2 aliphatic rings. The van der Waals surface area contributed by atoms with Gasteiger partial charge in [-0.3, -0.25) is 9.97 Å². The lowest BCUT2D eigenvalue weighted by Crippen LogP contribution is -2.44. The summed E-state index contributed by atoms with van der Waals surface area (Å²) in [5, 5.41) is 0. The summed E-state index contributed by atoms with van der Waals surface area (Å²) in [7, 11) is 0. The van der Waals surface area contributed by atoms with Crippen LogP contribution in [0.4, 0.5) is 0 Å². The van der Waals surface area contributed by atoms with Gasteiger partial charge >= 0.3 is 0 Å². The van der Waals surface area contributed by atoms with E-state index in [4.69, 9.17) is 4.98 Å². The van der Waals surface area contributed by atoms with Crippen molar-refractivity contribution in [1.82, 2.24) is 14.9 Å². The Morgan fingerprint density at radius 3 is 2.39 bits per heavy atom. The summed E-state index contributed by atoms with van der Waals surface area (Å²) in [5.41, 5.74) is 4.71. The molecule has 23 heavy (non-hydrogen) atoms. The molecule has 3 nitrogen and oxygen atoms in total. The maximum Gasteiger partial charge on any atom is 0.0435 e. The summed E-state index contributed by atoms with van der Waals surface area (Å²) >= 11 is 0. The van der Waals surface area contributed by atoms with E-state index < -0.39 is 0 Å². The van der Waals surface area contributed by atoms with E-state index >= 15 is 0 Å². The molecule has 0 bridgehead atoms. The highest BCUT2D eigenvalue weighted by molar-refractivity contribution is 5.62. The Morgan fingerprint density at radius 1 is 0.957 bits per heavy atom. The van der Waals surface area contributed by atoms with E-state index in [9.17, 15) is 0 Å². The van der Waals surface area contributed by atoms with Crippen LogP contribution in [0.1, 0.15) is 49.4 Å². The van der Waals surface area contributed by atoms with Crippen molar-refractivity contribution in [3.05, 3.63) is 48.0 Å². The van der Waals surface area contributed by atoms with Crippen LogP contribution in [0.2, 0.25) is 0 Å². The molecule has 2 aromatic heterocycles. The molecule has 4 rings (SSSR count). The third-order valence-electron chi connectivity index (χ3n) is 5.56. The number of likely N-dealkylation sites (tertiary alicyclic amines) is 1. The summed E-state index contributed by atoms with van der Waals surface area (Å²) in [6.45, 7) is 4.53. The predicted octanol–water partition coefficient (Wildman–Crippen LogP) is 4.18. The Hall–Kier alpha value is -1.74. The SMILES string of the molecule is Cc1cc(-c2ccc(C3CCN(C4CCC4)CC3)nc2)ccn1. The third-order valence-corrected chi connectivity index (χ3v) is 5.56. The Labute approximate surface area is 138 Å². The van der Waals surface area contributed by atoms with Crippen molar-refractivity contribution in [2.45, 2.75) is 51.0 Å². The van der Waals surface area contributed by atoms with Gasteiger partial charge in [0.1, 0.15) is 0 Å². The van der Waals surface area contributed by atoms with E-state index in [0.717, 1.165) is 11.7 Å². The highest BCUT2D eigenvalue weighted by Crippen LogP contribution is 2.33. The molecule has 3 heteroatoms. The molecule has 0 aromatic carbocycles. The maximum atomic E-state index is 4.77. The summed E-state index contributed by atoms with van der Waals surface area (Å²) in [6.07, 6.45) is 10.7. The van der Waals surface area contributed by atoms with Gasteiger partial charge in [-0.25, -0.2) is 0 Å². The Bertz CT molecular complexity index is 653. The second kappa shape index (κ2) is 6.40. The third kappa shape index (κ3) is 3.16. The van der Waals surface area contributed by atoms with Gasteiger partial charge in [-0.2, -0.15) is 0 Å². The summed E-state index contributed by atoms with van der Waals surface area (Å²) < 4.78 is 0. The molecule has 0 atom stereocenters. The topological polar surface area (TPSA) is 29.0 Å². The molecule has 0 unspecified atom stereocenters. The Balaban J connectivity index is 1.42. The van der Waals surface area contributed by atoms with Crippen molar-refractivity contribution < 1.29 is 0 Å². The molecule has 0 radical (unpaired) electrons. The van der Waals surface area contributed by atoms with Crippen LogP contribution in [0.5, 0.6) is 0 Å². The lowest BCUT2D eigenvalue weighted by molar-refractivity contribution is 0.0970. The summed E-state index contributed by atoms with van der Waals surface area (Å²) in [6, 6.07) is 9.51. The molecule has 1 aliphatic carbocycles. The number of nitrogens with zero attached hydrogens (tertiary/aromatic N) is 3. The smallest absolute Gasteiger partial charge is 0.0435 e. The molecule has 1 aliphatic heterocycles. The molecule has 2 fully saturated rings. The van der Waals surface area contributed by atoms with E-state index in [2.05, 4.69) is 34.1 Å². The maximum absolute atomic E-state index is 4.77. The fourth-order valence-electron chi connectivity index (χ4n) is 3.85. The van der Waals surface area contributed by atoms with Gasteiger partial charge in [0.15, 0.2) is 0 Å². The zero-order chi connectivity index (χ0) is 15.6. The van der Waals surface area contributed by atoms with Crippen molar-refractivity contribution in [1.29, 1.82) is 0 Å². The Morgan fingerprint density at radius 2 is 1.78 bits per heavy atom. The first kappa shape index (κ1) is 14.8. The van der Waals surface area contributed by atoms with Gasteiger partial charge in [0.2, 0.25) is 0 Å². The van der Waals surface area contributed by atoms with Crippen LogP contribution in [-0.4, -0.2) is 34.0 Å². The second-order valence-electron chi connectivity index (χ2n) is 7.05. The van der Waals surface area contributed by atoms with E-state index in [1.54, 1.807) is 0 Å². The average molecular weight is 307 g/mol. The van der Waals surface area contributed by atoms with Gasteiger partial charge in [0.05, 0.1) is 0 Å². The highest BCUT2D eigenvalue weighted by Gasteiger charge is 2.29. The molecular formula is C20H25N3. The van der Waals surface area contributed by atoms with Gasteiger partial charge in [-0.15, -0.1) is 0 Å². The molecular weight excluding hydrogens is 282 g/mol. The molecule has 1 saturated carbocycles.